The molecule has 0 bridgehead atoms. The molecule has 0 aromatic heterocycles. The van der Waals surface area contributed by atoms with Crippen molar-refractivity contribution in [2.45, 2.75) is 6.92 Å². The minimum absolute atomic E-state index is 0.298. The topological polar surface area (TPSA) is 17.1 Å². The highest BCUT2D eigenvalue weighted by Gasteiger charge is 1.89. The van der Waals surface area contributed by atoms with Gasteiger partial charge in [-0.1, -0.05) is 0 Å². The zero-order chi connectivity index (χ0) is 5.15. The lowest BCUT2D eigenvalue weighted by molar-refractivity contribution is -0.109. The van der Waals surface area contributed by atoms with E-state index in [-0.39, 0.29) is 10.9 Å². The van der Waals surface area contributed by atoms with E-state index in [0.29, 0.717) is 5.12 Å². The molecule has 0 fully saturated rings. The van der Waals surface area contributed by atoms with Crippen molar-refractivity contribution in [1.82, 2.24) is 0 Å². The van der Waals surface area contributed by atoms with Gasteiger partial charge in [-0.05, 0) is 12.5 Å². The first-order chi connectivity index (χ1) is 2.64. The number of carbonyl (C=O) groups is 1. The zero-order valence-electron chi connectivity index (χ0n) is 4.36. The van der Waals surface area contributed by atoms with Crippen molar-refractivity contribution in [1.29, 1.82) is 0 Å². The van der Waals surface area contributed by atoms with Crippen molar-refractivity contribution >= 4 is 16.0 Å². The minimum atomic E-state index is -0.298. The van der Waals surface area contributed by atoms with E-state index in [4.69, 9.17) is 0 Å². The molecule has 0 unspecified atom stereocenters. The van der Waals surface area contributed by atoms with Crippen LogP contribution < -0.4 is 0 Å². The molecule has 0 aromatic rings. The van der Waals surface area contributed by atoms with Gasteiger partial charge >= 0.3 is 0 Å². The monoisotopic (exact) mass is 106 g/mol. The van der Waals surface area contributed by atoms with Gasteiger partial charge < -0.3 is 0 Å². The molecular weight excluding hydrogens is 96.1 g/mol. The third-order valence-corrected chi connectivity index (χ3v) is 1.89. The van der Waals surface area contributed by atoms with Crippen LogP contribution >= 0.6 is 10.9 Å². The van der Waals surface area contributed by atoms with E-state index in [1.54, 1.807) is 6.92 Å². The number of hydrogen-bond acceptors (Lipinski definition) is 1. The summed E-state index contributed by atoms with van der Waals surface area (Å²) in [4.78, 5) is 10.2. The van der Waals surface area contributed by atoms with Crippen molar-refractivity contribution in [3.8, 4) is 0 Å². The van der Waals surface area contributed by atoms with E-state index >= 15 is 0 Å². The summed E-state index contributed by atoms with van der Waals surface area (Å²) in [5.74, 6) is 0. The lowest BCUT2D eigenvalue weighted by Crippen LogP contribution is -1.85. The summed E-state index contributed by atoms with van der Waals surface area (Å²) in [5, 5.41) is 0.324. The smallest absolute Gasteiger partial charge is 0.165 e. The van der Waals surface area contributed by atoms with E-state index in [2.05, 4.69) is 0 Å². The van der Waals surface area contributed by atoms with Crippen LogP contribution in [0.15, 0.2) is 0 Å². The summed E-state index contributed by atoms with van der Waals surface area (Å²) in [6.45, 7) is 1.63. The zero-order valence-corrected chi connectivity index (χ0v) is 5.25. The first-order valence-electron chi connectivity index (χ1n) is 1.82. The highest BCUT2D eigenvalue weighted by molar-refractivity contribution is 8.28. The van der Waals surface area contributed by atoms with Gasteiger partial charge in [0.15, 0.2) is 5.12 Å². The second-order valence-corrected chi connectivity index (χ2v) is 3.83. The van der Waals surface area contributed by atoms with Crippen molar-refractivity contribution < 1.29 is 4.79 Å². The van der Waals surface area contributed by atoms with Gasteiger partial charge in [0.25, 0.3) is 0 Å². The SMILES string of the molecule is CC(=O)[SH](C)C. The van der Waals surface area contributed by atoms with Crippen LogP contribution in [0.5, 0.6) is 0 Å². The Balaban J connectivity index is 3.26. The molecular formula is C4H10OS. The first kappa shape index (κ1) is 6.02. The summed E-state index contributed by atoms with van der Waals surface area (Å²) in [6, 6.07) is 0. The Morgan fingerprint density at radius 3 is 1.67 bits per heavy atom. The number of rotatable bonds is 0. The van der Waals surface area contributed by atoms with Gasteiger partial charge in [-0.25, -0.2) is 10.9 Å². The Hall–Kier alpha value is 0.0200. The largest absolute Gasteiger partial charge is 0.289 e. The maximum atomic E-state index is 10.2. The average Bonchev–Trinajstić information content (AvgIpc) is 1.36. The molecule has 0 aliphatic rings. The van der Waals surface area contributed by atoms with E-state index in [9.17, 15) is 4.79 Å². The van der Waals surface area contributed by atoms with Crippen LogP contribution in [0.3, 0.4) is 0 Å². The second-order valence-electron chi connectivity index (χ2n) is 1.41. The van der Waals surface area contributed by atoms with Crippen molar-refractivity contribution in [3.05, 3.63) is 0 Å². The normalized spacial score (nSPS) is 10.8. The molecule has 0 atom stereocenters. The molecule has 38 valence electrons. The molecule has 0 heterocycles. The van der Waals surface area contributed by atoms with Crippen molar-refractivity contribution in [3.63, 3.8) is 0 Å². The van der Waals surface area contributed by atoms with Crippen molar-refractivity contribution in [2.24, 2.45) is 0 Å². The minimum Gasteiger partial charge on any atom is -0.289 e. The lowest BCUT2D eigenvalue weighted by atomic mass is 10.9. The van der Waals surface area contributed by atoms with Gasteiger partial charge in [0.2, 0.25) is 0 Å². The fourth-order valence-electron chi connectivity index (χ4n) is 0. The van der Waals surface area contributed by atoms with Crippen LogP contribution in [0.4, 0.5) is 0 Å². The van der Waals surface area contributed by atoms with E-state index < -0.39 is 0 Å². The number of carbonyl (C=O) groups excluding carboxylic acids is 1. The standard InChI is InChI=1S/C4H10OS/c1-4(5)6(2)3/h6H,1-3H3. The predicted molar refractivity (Wildman–Crippen MR) is 31.5 cm³/mol. The molecule has 0 rings (SSSR count). The van der Waals surface area contributed by atoms with Crippen LogP contribution in [0, 0.1) is 0 Å². The van der Waals surface area contributed by atoms with Gasteiger partial charge in [-0.15, -0.1) is 0 Å². The summed E-state index contributed by atoms with van der Waals surface area (Å²) >= 11 is 0. The maximum Gasteiger partial charge on any atom is 0.165 e. The Morgan fingerprint density at radius 1 is 1.50 bits per heavy atom. The van der Waals surface area contributed by atoms with Crippen LogP contribution in [0.2, 0.25) is 0 Å². The first-order valence-corrected chi connectivity index (χ1v) is 4.06. The summed E-state index contributed by atoms with van der Waals surface area (Å²) in [5.41, 5.74) is 0. The fraction of sp³-hybridized carbons (Fsp3) is 0.750. The summed E-state index contributed by atoms with van der Waals surface area (Å²) in [6.07, 6.45) is 3.91. The summed E-state index contributed by atoms with van der Waals surface area (Å²) in [7, 11) is -0.298. The molecule has 6 heavy (non-hydrogen) atoms. The van der Waals surface area contributed by atoms with Gasteiger partial charge in [-0.3, -0.25) is 4.79 Å². The van der Waals surface area contributed by atoms with E-state index in [1.807, 2.05) is 12.5 Å². The molecule has 2 heteroatoms. The lowest BCUT2D eigenvalue weighted by Gasteiger charge is -1.97. The Labute approximate surface area is 41.1 Å². The van der Waals surface area contributed by atoms with Gasteiger partial charge in [0.05, 0.1) is 0 Å². The second kappa shape index (κ2) is 2.24. The predicted octanol–water partition coefficient (Wildman–Crippen LogP) is 0.794. The Kier molecular flexibility index (Phi) is 2.25. The fourth-order valence-corrected chi connectivity index (χ4v) is 0. The number of thiol groups is 1. The van der Waals surface area contributed by atoms with Gasteiger partial charge in [-0.2, -0.15) is 0 Å². The van der Waals surface area contributed by atoms with Gasteiger partial charge in [0, 0.05) is 6.92 Å². The van der Waals surface area contributed by atoms with E-state index in [1.165, 1.54) is 0 Å². The highest BCUT2D eigenvalue weighted by atomic mass is 32.2. The van der Waals surface area contributed by atoms with Crippen LogP contribution in [-0.4, -0.2) is 17.6 Å². The molecule has 0 saturated carbocycles. The molecule has 0 saturated heterocycles. The average molecular weight is 106 g/mol. The molecule has 0 aromatic carbocycles. The van der Waals surface area contributed by atoms with Gasteiger partial charge in [0.1, 0.15) is 0 Å². The molecule has 0 spiro atoms. The third-order valence-electron chi connectivity index (χ3n) is 0.630. The molecule has 1 nitrogen and oxygen atoms in total. The van der Waals surface area contributed by atoms with Crippen LogP contribution in [0.1, 0.15) is 6.92 Å². The molecule has 0 aliphatic heterocycles. The highest BCUT2D eigenvalue weighted by Crippen LogP contribution is 2.11. The molecule has 0 radical (unpaired) electrons. The molecule has 0 N–H and O–H groups in total. The van der Waals surface area contributed by atoms with E-state index in [0.717, 1.165) is 0 Å². The molecule has 0 amide bonds. The number of hydrogen-bond donors (Lipinski definition) is 1. The maximum absolute atomic E-state index is 10.2. The van der Waals surface area contributed by atoms with Crippen molar-refractivity contribution in [2.75, 3.05) is 12.5 Å². The molecule has 0 aliphatic carbocycles. The Morgan fingerprint density at radius 2 is 1.67 bits per heavy atom. The summed E-state index contributed by atoms with van der Waals surface area (Å²) < 4.78 is 0. The van der Waals surface area contributed by atoms with Crippen LogP contribution in [0.25, 0.3) is 0 Å². The third kappa shape index (κ3) is 2.27. The Bertz CT molecular complexity index is 58.6. The van der Waals surface area contributed by atoms with Crippen LogP contribution in [-0.2, 0) is 4.79 Å². The quantitative estimate of drug-likeness (QED) is 0.452.